The Bertz CT molecular complexity index is 613. The maximum absolute atomic E-state index is 5.87. The van der Waals surface area contributed by atoms with Crippen molar-refractivity contribution >= 4 is 11.0 Å². The monoisotopic (exact) mass is 368 g/mol. The van der Waals surface area contributed by atoms with Crippen molar-refractivity contribution in [3.8, 4) is 5.75 Å². The molecule has 0 aliphatic heterocycles. The van der Waals surface area contributed by atoms with Crippen LogP contribution >= 0.6 is 0 Å². The number of aromatic nitrogens is 2. The van der Waals surface area contributed by atoms with E-state index < -0.39 is 0 Å². The van der Waals surface area contributed by atoms with E-state index in [-0.39, 0.29) is 12.4 Å². The Morgan fingerprint density at radius 3 is 2.36 bits per heavy atom. The molecular formula is C20H33ClN2O2. The molecule has 25 heavy (non-hydrogen) atoms. The molecule has 0 fully saturated rings. The van der Waals surface area contributed by atoms with Gasteiger partial charge in [-0.3, -0.25) is 0 Å². The number of unbranched alkanes of at least 4 members (excludes halogenated alkanes) is 7. The van der Waals surface area contributed by atoms with Crippen LogP contribution < -0.4 is 21.7 Å². The zero-order valence-corrected chi connectivity index (χ0v) is 16.7. The van der Waals surface area contributed by atoms with Crippen molar-refractivity contribution in [1.29, 1.82) is 0 Å². The minimum atomic E-state index is 0. The van der Waals surface area contributed by atoms with Crippen LogP contribution in [0.25, 0.3) is 11.0 Å². The summed E-state index contributed by atoms with van der Waals surface area (Å²) in [6.07, 6.45) is 12.7. The Morgan fingerprint density at radius 2 is 1.68 bits per heavy atom. The Hall–Kier alpha value is -1.26. The Balaban J connectivity index is 0.00000312. The van der Waals surface area contributed by atoms with Crippen LogP contribution in [-0.4, -0.2) is 18.3 Å². The van der Waals surface area contributed by atoms with Gasteiger partial charge in [-0.05, 0) is 18.6 Å². The van der Waals surface area contributed by atoms with Crippen LogP contribution in [0.5, 0.6) is 5.75 Å². The fourth-order valence-corrected chi connectivity index (χ4v) is 3.10. The molecule has 0 unspecified atom stereocenters. The van der Waals surface area contributed by atoms with Gasteiger partial charge in [-0.15, -0.1) is 0 Å². The molecule has 0 aliphatic rings. The smallest absolute Gasteiger partial charge is 0.246 e. The summed E-state index contributed by atoms with van der Waals surface area (Å²) in [7, 11) is 3.76. The zero-order valence-electron chi connectivity index (χ0n) is 16.0. The number of ether oxygens (including phenoxy) is 2. The quantitative estimate of drug-likeness (QED) is 0.420. The van der Waals surface area contributed by atoms with E-state index in [9.17, 15) is 0 Å². The normalized spacial score (nSPS) is 10.8. The minimum absolute atomic E-state index is 0. The van der Waals surface area contributed by atoms with Gasteiger partial charge in [0.05, 0.1) is 20.8 Å². The third-order valence-corrected chi connectivity index (χ3v) is 4.56. The summed E-state index contributed by atoms with van der Waals surface area (Å²) < 4.78 is 15.5. The molecule has 1 aromatic carbocycles. The maximum atomic E-state index is 5.87. The van der Waals surface area contributed by atoms with Crippen LogP contribution in [0.1, 0.15) is 58.3 Å². The highest BCUT2D eigenvalue weighted by Gasteiger charge is 2.13. The Kier molecular flexibility index (Phi) is 10.6. The number of hydrogen-bond acceptors (Lipinski definition) is 2. The highest BCUT2D eigenvalue weighted by atomic mass is 35.5. The average molecular weight is 369 g/mol. The second-order valence-electron chi connectivity index (χ2n) is 6.56. The number of methoxy groups -OCH3 is 1. The molecule has 1 heterocycles. The molecular weight excluding hydrogens is 336 g/mol. The number of benzene rings is 1. The lowest BCUT2D eigenvalue weighted by Gasteiger charge is -2.03. The minimum Gasteiger partial charge on any atom is -1.00 e. The molecule has 0 aliphatic carbocycles. The standard InChI is InChI=1S/C20H33N2O2.ClH/c1-4-5-6-7-8-9-10-11-14-24-17-22-16-21(2)19-13-12-18(23-3)15-20(19)22;/h12-13,15-16H,4-11,14,17H2,1-3H3;1H/q+1;/p-1. The number of imidazole rings is 1. The summed E-state index contributed by atoms with van der Waals surface area (Å²) in [6, 6.07) is 6.15. The van der Waals surface area contributed by atoms with Crippen molar-refractivity contribution in [3.05, 3.63) is 24.5 Å². The van der Waals surface area contributed by atoms with Gasteiger partial charge in [0.15, 0.2) is 17.8 Å². The average Bonchev–Trinajstić information content (AvgIpc) is 2.92. The molecule has 0 bridgehead atoms. The van der Waals surface area contributed by atoms with Gasteiger partial charge in [0.25, 0.3) is 0 Å². The molecule has 0 amide bonds. The highest BCUT2D eigenvalue weighted by Crippen LogP contribution is 2.18. The van der Waals surface area contributed by atoms with Gasteiger partial charge in [0, 0.05) is 6.07 Å². The summed E-state index contributed by atoms with van der Waals surface area (Å²) in [5, 5.41) is 0. The topological polar surface area (TPSA) is 27.3 Å². The Labute approximate surface area is 158 Å². The van der Waals surface area contributed by atoms with Gasteiger partial charge in [0.1, 0.15) is 5.75 Å². The highest BCUT2D eigenvalue weighted by molar-refractivity contribution is 5.73. The lowest BCUT2D eigenvalue weighted by atomic mass is 10.1. The molecule has 0 spiro atoms. The first-order valence-corrected chi connectivity index (χ1v) is 9.36. The van der Waals surface area contributed by atoms with Crippen molar-refractivity contribution < 1.29 is 26.4 Å². The molecule has 0 saturated heterocycles. The summed E-state index contributed by atoms with van der Waals surface area (Å²) in [6.45, 7) is 3.70. The predicted molar refractivity (Wildman–Crippen MR) is 98.2 cm³/mol. The van der Waals surface area contributed by atoms with Crippen LogP contribution in [0.3, 0.4) is 0 Å². The van der Waals surface area contributed by atoms with Crippen molar-refractivity contribution in [1.82, 2.24) is 4.57 Å². The van der Waals surface area contributed by atoms with Gasteiger partial charge in [-0.25, -0.2) is 9.13 Å². The first-order valence-electron chi connectivity index (χ1n) is 9.36. The van der Waals surface area contributed by atoms with E-state index in [1.54, 1.807) is 7.11 Å². The second-order valence-corrected chi connectivity index (χ2v) is 6.56. The van der Waals surface area contributed by atoms with E-state index >= 15 is 0 Å². The van der Waals surface area contributed by atoms with Gasteiger partial charge in [-0.2, -0.15) is 0 Å². The van der Waals surface area contributed by atoms with Crippen LogP contribution in [0.15, 0.2) is 24.5 Å². The number of nitrogens with zero attached hydrogens (tertiary/aromatic N) is 2. The number of rotatable bonds is 12. The van der Waals surface area contributed by atoms with Crippen LogP contribution in [0.4, 0.5) is 0 Å². The molecule has 2 rings (SSSR count). The summed E-state index contributed by atoms with van der Waals surface area (Å²) in [5.41, 5.74) is 2.33. The molecule has 142 valence electrons. The first-order chi connectivity index (χ1) is 11.8. The van der Waals surface area contributed by atoms with E-state index in [2.05, 4.69) is 41.6 Å². The second kappa shape index (κ2) is 12.2. The van der Waals surface area contributed by atoms with E-state index in [1.807, 2.05) is 6.07 Å². The van der Waals surface area contributed by atoms with E-state index in [0.29, 0.717) is 6.73 Å². The van der Waals surface area contributed by atoms with Crippen LogP contribution in [0, 0.1) is 0 Å². The third kappa shape index (κ3) is 6.87. The van der Waals surface area contributed by atoms with Gasteiger partial charge < -0.3 is 21.9 Å². The van der Waals surface area contributed by atoms with Crippen molar-refractivity contribution in [3.63, 3.8) is 0 Å². The summed E-state index contributed by atoms with van der Waals surface area (Å²) in [5.74, 6) is 0.880. The van der Waals surface area contributed by atoms with Gasteiger partial charge >= 0.3 is 0 Å². The molecule has 5 heteroatoms. The lowest BCUT2D eigenvalue weighted by molar-refractivity contribution is -0.646. The third-order valence-electron chi connectivity index (χ3n) is 4.56. The van der Waals surface area contributed by atoms with E-state index in [4.69, 9.17) is 9.47 Å². The molecule has 0 N–H and O–H groups in total. The van der Waals surface area contributed by atoms with Crippen molar-refractivity contribution in [2.24, 2.45) is 7.05 Å². The fourth-order valence-electron chi connectivity index (χ4n) is 3.10. The van der Waals surface area contributed by atoms with Crippen LogP contribution in [0.2, 0.25) is 0 Å². The molecule has 0 saturated carbocycles. The largest absolute Gasteiger partial charge is 1.00 e. The molecule has 0 atom stereocenters. The molecule has 0 radical (unpaired) electrons. The number of fused-ring (bicyclic) bond motifs is 1. The molecule has 4 nitrogen and oxygen atoms in total. The van der Waals surface area contributed by atoms with E-state index in [1.165, 1.54) is 50.5 Å². The van der Waals surface area contributed by atoms with Crippen molar-refractivity contribution in [2.45, 2.75) is 65.0 Å². The van der Waals surface area contributed by atoms with Gasteiger partial charge in [0.2, 0.25) is 6.33 Å². The molecule has 2 aromatic rings. The fraction of sp³-hybridized carbons (Fsp3) is 0.650. The predicted octanol–water partition coefficient (Wildman–Crippen LogP) is 1.59. The summed E-state index contributed by atoms with van der Waals surface area (Å²) >= 11 is 0. The number of aryl methyl sites for hydroxylation is 1. The zero-order chi connectivity index (χ0) is 17.2. The SMILES string of the molecule is CCCCCCCCCCOCn1c[n+](C)c2ccc(OC)cc21.[Cl-]. The van der Waals surface area contributed by atoms with Gasteiger partial charge in [-0.1, -0.05) is 51.9 Å². The Morgan fingerprint density at radius 1 is 1.00 bits per heavy atom. The molecule has 1 aromatic heterocycles. The summed E-state index contributed by atoms with van der Waals surface area (Å²) in [4.78, 5) is 0. The first kappa shape index (κ1) is 21.8. The number of halogens is 1. The lowest BCUT2D eigenvalue weighted by Crippen LogP contribution is -3.00. The van der Waals surface area contributed by atoms with Crippen molar-refractivity contribution in [2.75, 3.05) is 13.7 Å². The van der Waals surface area contributed by atoms with Crippen LogP contribution in [-0.2, 0) is 18.5 Å². The maximum Gasteiger partial charge on any atom is 0.246 e. The van der Waals surface area contributed by atoms with E-state index in [0.717, 1.165) is 24.3 Å². The number of hydrogen-bond donors (Lipinski definition) is 0.